The Balaban J connectivity index is 1.08. The van der Waals surface area contributed by atoms with Crippen LogP contribution in [0.5, 0.6) is 0 Å². The number of amides is 2. The SMILES string of the molecule is COC1CCC(N2CC[N@@+]([O-])(C(=O)O)C(N3CC4=CN(CC5CCN(Cc6ccccc6)CC5)C=CN4C3)C2=O)CC1. The summed E-state index contributed by atoms with van der Waals surface area (Å²) in [6.45, 7) is 4.80. The number of rotatable bonds is 7. The zero-order chi connectivity index (χ0) is 29.3. The quantitative estimate of drug-likeness (QED) is 0.385. The van der Waals surface area contributed by atoms with Gasteiger partial charge in [0.15, 0.2) is 0 Å². The number of carbonyl (C=O) groups is 2. The molecule has 6 rings (SSSR count). The highest BCUT2D eigenvalue weighted by molar-refractivity contribution is 5.83. The van der Waals surface area contributed by atoms with E-state index in [0.717, 1.165) is 70.4 Å². The standard InChI is InChI=1S/C31H44N6O5/c1-42-28-9-7-26(8-10-28)36-17-18-37(41,31(39)40)29(30(36)38)35-22-27-21-33(15-16-34(27)23-35)20-25-11-13-32(14-12-25)19-24-5-3-2-4-6-24/h2-6,15-16,21,25-26,28-29H,7-14,17-20,22-23H2,1H3,(H,39,40)/t26?,28?,29?,37-/m0/s1. The summed E-state index contributed by atoms with van der Waals surface area (Å²) in [7, 11) is 1.71. The Bertz CT molecular complexity index is 1180. The number of hydroxylamine groups is 3. The van der Waals surface area contributed by atoms with Crippen molar-refractivity contribution in [2.24, 2.45) is 5.92 Å². The van der Waals surface area contributed by atoms with Crippen LogP contribution in [0.15, 0.2) is 54.6 Å². The molecule has 3 saturated heterocycles. The van der Waals surface area contributed by atoms with Gasteiger partial charge in [0.05, 0.1) is 19.3 Å². The van der Waals surface area contributed by atoms with Gasteiger partial charge in [-0.2, -0.15) is 4.79 Å². The van der Waals surface area contributed by atoms with Gasteiger partial charge in [0.2, 0.25) is 6.17 Å². The number of methoxy groups -OCH3 is 1. The highest BCUT2D eigenvalue weighted by atomic mass is 16.6. The first-order valence-corrected chi connectivity index (χ1v) is 15.4. The van der Waals surface area contributed by atoms with Crippen LogP contribution in [0.1, 0.15) is 44.1 Å². The van der Waals surface area contributed by atoms with Crippen LogP contribution < -0.4 is 0 Å². The lowest BCUT2D eigenvalue weighted by molar-refractivity contribution is -0.841. The molecule has 1 aromatic rings. The largest absolute Gasteiger partial charge is 0.621 e. The van der Waals surface area contributed by atoms with E-state index in [-0.39, 0.29) is 31.1 Å². The van der Waals surface area contributed by atoms with E-state index in [1.807, 2.05) is 11.1 Å². The summed E-state index contributed by atoms with van der Waals surface area (Å²) in [6, 6.07) is 10.6. The normalized spacial score (nSPS) is 31.4. The molecule has 5 aliphatic rings. The molecule has 1 aromatic carbocycles. The lowest BCUT2D eigenvalue weighted by Crippen LogP contribution is -2.73. The number of piperidine rings is 1. The lowest BCUT2D eigenvalue weighted by atomic mass is 9.91. The molecule has 11 heteroatoms. The molecule has 42 heavy (non-hydrogen) atoms. The fourth-order valence-electron chi connectivity index (χ4n) is 7.43. The number of carboxylic acid groups (broad SMARTS) is 1. The van der Waals surface area contributed by atoms with Crippen molar-refractivity contribution in [2.45, 2.75) is 63.4 Å². The van der Waals surface area contributed by atoms with Gasteiger partial charge < -0.3 is 29.8 Å². The van der Waals surface area contributed by atoms with Crippen LogP contribution in [0.3, 0.4) is 0 Å². The molecule has 11 nitrogen and oxygen atoms in total. The van der Waals surface area contributed by atoms with Crippen molar-refractivity contribution in [1.29, 1.82) is 0 Å². The van der Waals surface area contributed by atoms with E-state index in [1.54, 1.807) is 16.9 Å². The summed E-state index contributed by atoms with van der Waals surface area (Å²) in [5.41, 5.74) is 2.34. The van der Waals surface area contributed by atoms with Crippen molar-refractivity contribution in [3.8, 4) is 0 Å². The molecule has 0 radical (unpaired) electrons. The van der Waals surface area contributed by atoms with E-state index < -0.39 is 16.9 Å². The van der Waals surface area contributed by atoms with Crippen LogP contribution >= 0.6 is 0 Å². The topological polar surface area (TPSA) is 103 Å². The maximum absolute atomic E-state index is 13.9. The van der Waals surface area contributed by atoms with Crippen LogP contribution in [-0.2, 0) is 16.1 Å². The fraction of sp³-hybridized carbons (Fsp3) is 0.613. The number of quaternary nitrogens is 1. The third-order valence-electron chi connectivity index (χ3n) is 9.91. The zero-order valence-corrected chi connectivity index (χ0v) is 24.6. The molecule has 2 amide bonds. The fourth-order valence-corrected chi connectivity index (χ4v) is 7.43. The Morgan fingerprint density at radius 3 is 2.48 bits per heavy atom. The molecule has 1 unspecified atom stereocenters. The minimum Gasteiger partial charge on any atom is -0.621 e. The lowest BCUT2D eigenvalue weighted by Gasteiger charge is -2.52. The van der Waals surface area contributed by atoms with Gasteiger partial charge in [-0.1, -0.05) is 30.3 Å². The van der Waals surface area contributed by atoms with Crippen LogP contribution in [0.25, 0.3) is 0 Å². The summed E-state index contributed by atoms with van der Waals surface area (Å²) >= 11 is 0. The number of carbonyl (C=O) groups excluding carboxylic acids is 1. The first kappa shape index (κ1) is 29.1. The van der Waals surface area contributed by atoms with Gasteiger partial charge in [-0.15, -0.1) is 0 Å². The smallest absolute Gasteiger partial charge is 0.515 e. The summed E-state index contributed by atoms with van der Waals surface area (Å²) in [5, 5.41) is 23.7. The number of nitrogens with zero attached hydrogens (tertiary/aromatic N) is 6. The van der Waals surface area contributed by atoms with Crippen molar-refractivity contribution in [3.63, 3.8) is 0 Å². The number of fused-ring (bicyclic) bond motifs is 1. The zero-order valence-electron chi connectivity index (χ0n) is 24.6. The maximum atomic E-state index is 13.9. The van der Waals surface area contributed by atoms with Gasteiger partial charge in [0.25, 0.3) is 5.91 Å². The van der Waals surface area contributed by atoms with Crippen molar-refractivity contribution in [3.05, 3.63) is 65.4 Å². The number of ether oxygens (including phenoxy) is 1. The predicted octanol–water partition coefficient (Wildman–Crippen LogP) is 3.22. The Morgan fingerprint density at radius 1 is 1.05 bits per heavy atom. The monoisotopic (exact) mass is 580 g/mol. The van der Waals surface area contributed by atoms with Crippen LogP contribution in [0, 0.1) is 11.1 Å². The third-order valence-corrected chi connectivity index (χ3v) is 9.91. The summed E-state index contributed by atoms with van der Waals surface area (Å²) < 4.78 is 3.95. The van der Waals surface area contributed by atoms with Crippen LogP contribution in [0.4, 0.5) is 4.79 Å². The predicted molar refractivity (Wildman–Crippen MR) is 157 cm³/mol. The third kappa shape index (κ3) is 5.93. The number of likely N-dealkylation sites (tertiary alicyclic amines) is 1. The van der Waals surface area contributed by atoms with E-state index >= 15 is 0 Å². The number of piperazine rings is 1. The second kappa shape index (κ2) is 12.3. The maximum Gasteiger partial charge on any atom is 0.515 e. The summed E-state index contributed by atoms with van der Waals surface area (Å²) in [4.78, 5) is 36.4. The Kier molecular flexibility index (Phi) is 8.56. The Labute approximate surface area is 248 Å². The first-order chi connectivity index (χ1) is 20.3. The molecular formula is C31H44N6O5. The highest BCUT2D eigenvalue weighted by Gasteiger charge is 2.54. The summed E-state index contributed by atoms with van der Waals surface area (Å²) in [5.74, 6) is 0.227. The second-order valence-corrected chi connectivity index (χ2v) is 12.6. The molecular weight excluding hydrogens is 536 g/mol. The van der Waals surface area contributed by atoms with E-state index in [0.29, 0.717) is 19.1 Å². The number of benzene rings is 1. The van der Waals surface area contributed by atoms with Gasteiger partial charge in [-0.3, -0.25) is 9.69 Å². The highest BCUT2D eigenvalue weighted by Crippen LogP contribution is 2.34. The van der Waals surface area contributed by atoms with E-state index in [4.69, 9.17) is 4.74 Å². The van der Waals surface area contributed by atoms with Gasteiger partial charge >= 0.3 is 6.09 Å². The number of hydrogen-bond acceptors (Lipinski definition) is 8. The minimum atomic E-state index is -1.54. The second-order valence-electron chi connectivity index (χ2n) is 12.6. The molecule has 2 atom stereocenters. The Morgan fingerprint density at radius 2 is 1.79 bits per heavy atom. The molecule has 228 valence electrons. The van der Waals surface area contributed by atoms with Crippen molar-refractivity contribution in [2.75, 3.05) is 53.0 Å². The molecule has 4 fully saturated rings. The average molecular weight is 581 g/mol. The molecule has 0 spiro atoms. The molecule has 4 heterocycles. The molecule has 1 saturated carbocycles. The molecule has 0 aromatic heterocycles. The van der Waals surface area contributed by atoms with E-state index in [9.17, 15) is 19.9 Å². The summed E-state index contributed by atoms with van der Waals surface area (Å²) in [6.07, 6.45) is 9.20. The molecule has 4 aliphatic heterocycles. The van der Waals surface area contributed by atoms with Crippen molar-refractivity contribution in [1.82, 2.24) is 24.5 Å². The molecule has 1 N–H and O–H groups in total. The van der Waals surface area contributed by atoms with Gasteiger partial charge in [-0.25, -0.2) is 9.55 Å². The molecule has 1 aliphatic carbocycles. The van der Waals surface area contributed by atoms with Gasteiger partial charge in [0.1, 0.15) is 6.54 Å². The van der Waals surface area contributed by atoms with Gasteiger partial charge in [0, 0.05) is 57.1 Å². The van der Waals surface area contributed by atoms with Gasteiger partial charge in [-0.05, 0) is 63.1 Å². The molecule has 0 bridgehead atoms. The van der Waals surface area contributed by atoms with Crippen molar-refractivity contribution >= 4 is 12.0 Å². The van der Waals surface area contributed by atoms with Crippen molar-refractivity contribution < 1.29 is 24.1 Å². The van der Waals surface area contributed by atoms with Crippen LogP contribution in [0.2, 0.25) is 0 Å². The Hall–Kier alpha value is -2.96. The van der Waals surface area contributed by atoms with Crippen LogP contribution in [-0.4, -0.2) is 118 Å². The average Bonchev–Trinajstić information content (AvgIpc) is 3.41. The van der Waals surface area contributed by atoms with E-state index in [1.165, 1.54) is 5.56 Å². The van der Waals surface area contributed by atoms with E-state index in [2.05, 4.69) is 52.5 Å². The first-order valence-electron chi connectivity index (χ1n) is 15.4. The minimum absolute atomic E-state index is 0.0212. The number of hydrogen-bond donors (Lipinski definition) is 1.